The average molecular weight is 236 g/mol. The lowest BCUT2D eigenvalue weighted by atomic mass is 9.77. The molecule has 1 heterocycles. The van der Waals surface area contributed by atoms with E-state index in [0.717, 1.165) is 11.8 Å². The van der Waals surface area contributed by atoms with Gasteiger partial charge in [0.25, 0.3) is 0 Å². The maximum absolute atomic E-state index is 4.04. The molecule has 0 saturated heterocycles. The van der Waals surface area contributed by atoms with Crippen LogP contribution in [0.15, 0.2) is 6.20 Å². The number of aryl methyl sites for hydroxylation is 1. The van der Waals surface area contributed by atoms with Gasteiger partial charge in [-0.25, -0.2) is 0 Å². The second-order valence-corrected chi connectivity index (χ2v) is 5.24. The van der Waals surface area contributed by atoms with Gasteiger partial charge >= 0.3 is 0 Å². The Morgan fingerprint density at radius 3 is 2.59 bits per heavy atom. The quantitative estimate of drug-likeness (QED) is 0.872. The van der Waals surface area contributed by atoms with Crippen LogP contribution in [0.3, 0.4) is 0 Å². The van der Waals surface area contributed by atoms with E-state index in [9.17, 15) is 0 Å². The molecule has 0 radical (unpaired) electrons. The van der Waals surface area contributed by atoms with Crippen molar-refractivity contribution in [2.75, 3.05) is 7.05 Å². The molecule has 0 amide bonds. The number of nitrogens with zero attached hydrogens (tertiary/aromatic N) is 3. The van der Waals surface area contributed by atoms with Crippen LogP contribution in [0.4, 0.5) is 0 Å². The van der Waals surface area contributed by atoms with Crippen LogP contribution < -0.4 is 5.32 Å². The van der Waals surface area contributed by atoms with Gasteiger partial charge in [0.2, 0.25) is 0 Å². The van der Waals surface area contributed by atoms with Gasteiger partial charge < -0.3 is 5.32 Å². The van der Waals surface area contributed by atoms with Gasteiger partial charge in [-0.2, -0.15) is 0 Å². The summed E-state index contributed by atoms with van der Waals surface area (Å²) in [5, 5.41) is 11.5. The lowest BCUT2D eigenvalue weighted by Gasteiger charge is -2.33. The van der Waals surface area contributed by atoms with Crippen molar-refractivity contribution in [1.29, 1.82) is 0 Å². The SMILES string of the molecule is CCC1CCC(C(NC)c2cnnn2C)CC1. The molecular formula is C13H24N4. The van der Waals surface area contributed by atoms with Crippen molar-refractivity contribution in [1.82, 2.24) is 20.3 Å². The average Bonchev–Trinajstić information content (AvgIpc) is 2.78. The topological polar surface area (TPSA) is 42.7 Å². The van der Waals surface area contributed by atoms with Crippen LogP contribution >= 0.6 is 0 Å². The van der Waals surface area contributed by atoms with Crippen molar-refractivity contribution >= 4 is 0 Å². The van der Waals surface area contributed by atoms with Crippen LogP contribution in [0.5, 0.6) is 0 Å². The second-order valence-electron chi connectivity index (χ2n) is 5.24. The smallest absolute Gasteiger partial charge is 0.0755 e. The zero-order valence-electron chi connectivity index (χ0n) is 11.2. The van der Waals surface area contributed by atoms with Crippen molar-refractivity contribution in [3.05, 3.63) is 11.9 Å². The van der Waals surface area contributed by atoms with E-state index in [1.54, 1.807) is 0 Å². The number of rotatable bonds is 4. The first-order chi connectivity index (χ1) is 8.26. The number of nitrogens with one attached hydrogen (secondary N) is 1. The van der Waals surface area contributed by atoms with Crippen molar-refractivity contribution in [3.8, 4) is 0 Å². The summed E-state index contributed by atoms with van der Waals surface area (Å²) in [6, 6.07) is 0.410. The number of hydrogen-bond acceptors (Lipinski definition) is 3. The fraction of sp³-hybridized carbons (Fsp3) is 0.846. The van der Waals surface area contributed by atoms with Crippen molar-refractivity contribution < 1.29 is 0 Å². The molecule has 2 rings (SSSR count). The third kappa shape index (κ3) is 2.68. The molecule has 1 aliphatic carbocycles. The molecule has 1 saturated carbocycles. The highest BCUT2D eigenvalue weighted by atomic mass is 15.4. The first kappa shape index (κ1) is 12.6. The second kappa shape index (κ2) is 5.63. The summed E-state index contributed by atoms with van der Waals surface area (Å²) in [5.74, 6) is 1.69. The third-order valence-corrected chi connectivity index (χ3v) is 4.32. The van der Waals surface area contributed by atoms with Crippen LogP contribution in [0, 0.1) is 11.8 Å². The Morgan fingerprint density at radius 2 is 2.12 bits per heavy atom. The Morgan fingerprint density at radius 1 is 1.41 bits per heavy atom. The summed E-state index contributed by atoms with van der Waals surface area (Å²) in [7, 11) is 4.02. The van der Waals surface area contributed by atoms with Crippen LogP contribution in [-0.2, 0) is 7.05 Å². The Kier molecular flexibility index (Phi) is 4.15. The molecule has 1 atom stereocenters. The molecule has 0 aromatic carbocycles. The third-order valence-electron chi connectivity index (χ3n) is 4.32. The van der Waals surface area contributed by atoms with Gasteiger partial charge in [-0.05, 0) is 31.7 Å². The van der Waals surface area contributed by atoms with Gasteiger partial charge in [0.1, 0.15) is 0 Å². The number of hydrogen-bond donors (Lipinski definition) is 1. The highest BCUT2D eigenvalue weighted by Crippen LogP contribution is 2.37. The van der Waals surface area contributed by atoms with E-state index < -0.39 is 0 Å². The van der Waals surface area contributed by atoms with E-state index in [-0.39, 0.29) is 0 Å². The molecule has 1 fully saturated rings. The monoisotopic (exact) mass is 236 g/mol. The standard InChI is InChI=1S/C13H24N4/c1-4-10-5-7-11(8-6-10)13(14-2)12-9-15-16-17(12)3/h9-11,13-14H,4-8H2,1-3H3. The van der Waals surface area contributed by atoms with Crippen LogP contribution in [-0.4, -0.2) is 22.0 Å². The lowest BCUT2D eigenvalue weighted by molar-refractivity contribution is 0.219. The molecule has 4 heteroatoms. The number of aromatic nitrogens is 3. The van der Waals surface area contributed by atoms with Crippen LogP contribution in [0.2, 0.25) is 0 Å². The minimum absolute atomic E-state index is 0.410. The molecule has 1 unspecified atom stereocenters. The molecule has 1 aromatic heterocycles. The van der Waals surface area contributed by atoms with E-state index in [1.807, 2.05) is 25.0 Å². The fourth-order valence-corrected chi connectivity index (χ4v) is 3.13. The Hall–Kier alpha value is -0.900. The van der Waals surface area contributed by atoms with E-state index in [1.165, 1.54) is 37.8 Å². The van der Waals surface area contributed by atoms with Crippen molar-refractivity contribution in [3.63, 3.8) is 0 Å². The van der Waals surface area contributed by atoms with Gasteiger partial charge in [0.15, 0.2) is 0 Å². The van der Waals surface area contributed by atoms with Crippen LogP contribution in [0.25, 0.3) is 0 Å². The van der Waals surface area contributed by atoms with E-state index in [4.69, 9.17) is 0 Å². The summed E-state index contributed by atoms with van der Waals surface area (Å²) in [4.78, 5) is 0. The Labute approximate surface area is 104 Å². The molecular weight excluding hydrogens is 212 g/mol. The highest BCUT2D eigenvalue weighted by molar-refractivity contribution is 5.04. The Bertz CT molecular complexity index is 339. The molecule has 17 heavy (non-hydrogen) atoms. The van der Waals surface area contributed by atoms with Crippen molar-refractivity contribution in [2.45, 2.75) is 45.1 Å². The molecule has 96 valence electrons. The van der Waals surface area contributed by atoms with E-state index in [0.29, 0.717) is 6.04 Å². The van der Waals surface area contributed by atoms with Gasteiger partial charge in [0.05, 0.1) is 17.9 Å². The van der Waals surface area contributed by atoms with Crippen LogP contribution in [0.1, 0.15) is 50.8 Å². The molecule has 4 nitrogen and oxygen atoms in total. The molecule has 1 N–H and O–H groups in total. The predicted octanol–water partition coefficient (Wildman–Crippen LogP) is 2.29. The molecule has 0 bridgehead atoms. The summed E-state index contributed by atoms with van der Waals surface area (Å²) in [6.45, 7) is 2.31. The first-order valence-corrected chi connectivity index (χ1v) is 6.78. The summed E-state index contributed by atoms with van der Waals surface area (Å²) in [5.41, 5.74) is 1.22. The zero-order chi connectivity index (χ0) is 12.3. The molecule has 1 aromatic rings. The minimum Gasteiger partial charge on any atom is -0.311 e. The highest BCUT2D eigenvalue weighted by Gasteiger charge is 2.28. The molecule has 0 aliphatic heterocycles. The van der Waals surface area contributed by atoms with Gasteiger partial charge in [-0.15, -0.1) is 5.10 Å². The fourth-order valence-electron chi connectivity index (χ4n) is 3.13. The first-order valence-electron chi connectivity index (χ1n) is 6.78. The van der Waals surface area contributed by atoms with E-state index in [2.05, 4.69) is 22.6 Å². The predicted molar refractivity (Wildman–Crippen MR) is 68.5 cm³/mol. The summed E-state index contributed by atoms with van der Waals surface area (Å²) >= 11 is 0. The normalized spacial score (nSPS) is 27.0. The summed E-state index contributed by atoms with van der Waals surface area (Å²) in [6.07, 6.45) is 8.65. The lowest BCUT2D eigenvalue weighted by Crippen LogP contribution is -2.30. The van der Waals surface area contributed by atoms with Crippen molar-refractivity contribution in [2.24, 2.45) is 18.9 Å². The minimum atomic E-state index is 0.410. The molecule has 1 aliphatic rings. The zero-order valence-corrected chi connectivity index (χ0v) is 11.2. The molecule has 0 spiro atoms. The van der Waals surface area contributed by atoms with E-state index >= 15 is 0 Å². The largest absolute Gasteiger partial charge is 0.311 e. The summed E-state index contributed by atoms with van der Waals surface area (Å²) < 4.78 is 1.90. The Balaban J connectivity index is 2.03. The maximum atomic E-state index is 4.04. The van der Waals surface area contributed by atoms with Gasteiger partial charge in [-0.1, -0.05) is 31.4 Å². The maximum Gasteiger partial charge on any atom is 0.0755 e. The van der Waals surface area contributed by atoms with Gasteiger partial charge in [0, 0.05) is 7.05 Å². The van der Waals surface area contributed by atoms with Gasteiger partial charge in [-0.3, -0.25) is 4.68 Å².